The molecule has 0 radical (unpaired) electrons. The summed E-state index contributed by atoms with van der Waals surface area (Å²) in [6, 6.07) is 1.73. The lowest BCUT2D eigenvalue weighted by Crippen LogP contribution is -2.43. The SMILES string of the molecule is CC(C)Cn1cnc2cc(C(=O)N3CCS(=O)(=O)CC3)cnc21. The first-order valence-electron chi connectivity index (χ1n) is 7.66. The van der Waals surface area contributed by atoms with Crippen LogP contribution in [0.15, 0.2) is 18.6 Å². The predicted molar refractivity (Wildman–Crippen MR) is 86.9 cm³/mol. The Morgan fingerprint density at radius 3 is 2.61 bits per heavy atom. The van der Waals surface area contributed by atoms with E-state index in [0.29, 0.717) is 17.0 Å². The molecular formula is C15H20N4O3S. The van der Waals surface area contributed by atoms with E-state index in [4.69, 9.17) is 0 Å². The van der Waals surface area contributed by atoms with Gasteiger partial charge in [0.05, 0.1) is 23.4 Å². The van der Waals surface area contributed by atoms with Crippen molar-refractivity contribution in [3.63, 3.8) is 0 Å². The van der Waals surface area contributed by atoms with Gasteiger partial charge in [0.15, 0.2) is 15.5 Å². The van der Waals surface area contributed by atoms with E-state index in [9.17, 15) is 13.2 Å². The first-order chi connectivity index (χ1) is 10.9. The van der Waals surface area contributed by atoms with Gasteiger partial charge in [0.25, 0.3) is 5.91 Å². The van der Waals surface area contributed by atoms with Crippen LogP contribution in [0.1, 0.15) is 24.2 Å². The minimum atomic E-state index is -3.00. The molecule has 1 aliphatic rings. The second-order valence-corrected chi connectivity index (χ2v) is 8.61. The fourth-order valence-corrected chi connectivity index (χ4v) is 3.89. The maximum absolute atomic E-state index is 12.5. The Kier molecular flexibility index (Phi) is 4.09. The molecule has 23 heavy (non-hydrogen) atoms. The van der Waals surface area contributed by atoms with E-state index in [1.165, 1.54) is 0 Å². The Hall–Kier alpha value is -1.96. The summed E-state index contributed by atoms with van der Waals surface area (Å²) in [4.78, 5) is 22.8. The molecule has 1 aliphatic heterocycles. The van der Waals surface area contributed by atoms with E-state index >= 15 is 0 Å². The Bertz CT molecular complexity index is 828. The van der Waals surface area contributed by atoms with Crippen LogP contribution in [0.2, 0.25) is 0 Å². The summed E-state index contributed by atoms with van der Waals surface area (Å²) in [5.74, 6) is 0.341. The molecule has 3 heterocycles. The third-order valence-corrected chi connectivity index (χ3v) is 5.51. The standard InChI is InChI=1S/C15H20N4O3S/c1-11(2)9-19-10-17-13-7-12(8-16-14(13)19)15(20)18-3-5-23(21,22)6-4-18/h7-8,10-11H,3-6,9H2,1-2H3. The fourth-order valence-electron chi connectivity index (χ4n) is 2.69. The lowest BCUT2D eigenvalue weighted by Gasteiger charge is -2.26. The highest BCUT2D eigenvalue weighted by Gasteiger charge is 2.26. The summed E-state index contributed by atoms with van der Waals surface area (Å²) in [6.07, 6.45) is 3.28. The molecule has 0 aromatic carbocycles. The van der Waals surface area contributed by atoms with Gasteiger partial charge in [-0.15, -0.1) is 0 Å². The average Bonchev–Trinajstić information content (AvgIpc) is 2.88. The topological polar surface area (TPSA) is 85.2 Å². The van der Waals surface area contributed by atoms with Crippen molar-refractivity contribution in [2.24, 2.45) is 5.92 Å². The monoisotopic (exact) mass is 336 g/mol. The number of hydrogen-bond acceptors (Lipinski definition) is 5. The molecule has 0 bridgehead atoms. The van der Waals surface area contributed by atoms with Gasteiger partial charge in [-0.1, -0.05) is 13.8 Å². The van der Waals surface area contributed by atoms with Gasteiger partial charge < -0.3 is 9.47 Å². The number of carbonyl (C=O) groups is 1. The van der Waals surface area contributed by atoms with Gasteiger partial charge in [-0.25, -0.2) is 18.4 Å². The molecule has 0 aliphatic carbocycles. The third kappa shape index (κ3) is 3.36. The summed E-state index contributed by atoms with van der Waals surface area (Å²) >= 11 is 0. The largest absolute Gasteiger partial charge is 0.337 e. The molecule has 3 rings (SSSR count). The average molecular weight is 336 g/mol. The quantitative estimate of drug-likeness (QED) is 0.833. The van der Waals surface area contributed by atoms with Gasteiger partial charge in [-0.2, -0.15) is 0 Å². The first kappa shape index (κ1) is 15.9. The number of pyridine rings is 1. The molecule has 0 saturated carbocycles. The molecule has 2 aromatic heterocycles. The van der Waals surface area contributed by atoms with E-state index in [0.717, 1.165) is 12.2 Å². The predicted octanol–water partition coefficient (Wildman–Crippen LogP) is 0.958. The number of rotatable bonds is 3. The number of imidazole rings is 1. The number of nitrogens with zero attached hydrogens (tertiary/aromatic N) is 4. The second-order valence-electron chi connectivity index (χ2n) is 6.30. The number of aromatic nitrogens is 3. The number of sulfone groups is 1. The number of carbonyl (C=O) groups excluding carboxylic acids is 1. The normalized spacial score (nSPS) is 17.8. The van der Waals surface area contributed by atoms with Crippen molar-refractivity contribution < 1.29 is 13.2 Å². The number of hydrogen-bond donors (Lipinski definition) is 0. The van der Waals surface area contributed by atoms with Crippen LogP contribution in [0.4, 0.5) is 0 Å². The minimum Gasteiger partial charge on any atom is -0.337 e. The molecule has 1 amide bonds. The van der Waals surface area contributed by atoms with Crippen molar-refractivity contribution >= 4 is 26.9 Å². The molecule has 124 valence electrons. The smallest absolute Gasteiger partial charge is 0.255 e. The summed E-state index contributed by atoms with van der Waals surface area (Å²) in [6.45, 7) is 5.53. The summed E-state index contributed by atoms with van der Waals surface area (Å²) in [5.41, 5.74) is 1.89. The van der Waals surface area contributed by atoms with Gasteiger partial charge >= 0.3 is 0 Å². The maximum Gasteiger partial charge on any atom is 0.255 e. The second kappa shape index (κ2) is 5.92. The van der Waals surface area contributed by atoms with Crippen molar-refractivity contribution in [3.05, 3.63) is 24.2 Å². The van der Waals surface area contributed by atoms with Crippen molar-refractivity contribution in [2.45, 2.75) is 20.4 Å². The van der Waals surface area contributed by atoms with E-state index in [1.807, 2.05) is 4.57 Å². The Morgan fingerprint density at radius 1 is 1.26 bits per heavy atom. The minimum absolute atomic E-state index is 0.0252. The highest BCUT2D eigenvalue weighted by atomic mass is 32.2. The zero-order valence-electron chi connectivity index (χ0n) is 13.3. The number of fused-ring (bicyclic) bond motifs is 1. The molecule has 1 fully saturated rings. The molecule has 0 N–H and O–H groups in total. The van der Waals surface area contributed by atoms with Crippen LogP contribution >= 0.6 is 0 Å². The Labute approximate surface area is 135 Å². The van der Waals surface area contributed by atoms with E-state index < -0.39 is 9.84 Å². The van der Waals surface area contributed by atoms with Crippen molar-refractivity contribution in [2.75, 3.05) is 24.6 Å². The Morgan fingerprint density at radius 2 is 1.96 bits per heavy atom. The summed E-state index contributed by atoms with van der Waals surface area (Å²) in [5, 5.41) is 0. The lowest BCUT2D eigenvalue weighted by molar-refractivity contribution is 0.0770. The third-order valence-electron chi connectivity index (χ3n) is 3.90. The zero-order valence-corrected chi connectivity index (χ0v) is 14.1. The summed E-state index contributed by atoms with van der Waals surface area (Å²) in [7, 11) is -3.00. The zero-order chi connectivity index (χ0) is 16.6. The van der Waals surface area contributed by atoms with Crippen LogP contribution in [0.3, 0.4) is 0 Å². The Balaban J connectivity index is 1.82. The first-order valence-corrected chi connectivity index (χ1v) is 9.48. The van der Waals surface area contributed by atoms with E-state index in [2.05, 4.69) is 23.8 Å². The van der Waals surface area contributed by atoms with Crippen LogP contribution < -0.4 is 0 Å². The molecular weight excluding hydrogens is 316 g/mol. The van der Waals surface area contributed by atoms with Gasteiger partial charge in [0.1, 0.15) is 5.52 Å². The van der Waals surface area contributed by atoms with Gasteiger partial charge in [-0.3, -0.25) is 4.79 Å². The van der Waals surface area contributed by atoms with Crippen molar-refractivity contribution in [1.29, 1.82) is 0 Å². The maximum atomic E-state index is 12.5. The van der Waals surface area contributed by atoms with Crippen LogP contribution in [0, 0.1) is 5.92 Å². The molecule has 7 nitrogen and oxygen atoms in total. The molecule has 2 aromatic rings. The van der Waals surface area contributed by atoms with Gasteiger partial charge in [0.2, 0.25) is 0 Å². The molecule has 0 spiro atoms. The van der Waals surface area contributed by atoms with Gasteiger partial charge in [-0.05, 0) is 12.0 Å². The van der Waals surface area contributed by atoms with Crippen LogP contribution in [-0.2, 0) is 16.4 Å². The molecule has 8 heteroatoms. The van der Waals surface area contributed by atoms with Crippen LogP contribution in [0.5, 0.6) is 0 Å². The lowest BCUT2D eigenvalue weighted by atomic mass is 10.2. The van der Waals surface area contributed by atoms with Crippen LogP contribution in [-0.4, -0.2) is 58.4 Å². The molecule has 0 unspecified atom stereocenters. The fraction of sp³-hybridized carbons (Fsp3) is 0.533. The molecule has 1 saturated heterocycles. The molecule has 0 atom stereocenters. The van der Waals surface area contributed by atoms with E-state index in [-0.39, 0.29) is 30.5 Å². The highest BCUT2D eigenvalue weighted by molar-refractivity contribution is 7.91. The van der Waals surface area contributed by atoms with Crippen molar-refractivity contribution in [3.8, 4) is 0 Å². The summed E-state index contributed by atoms with van der Waals surface area (Å²) < 4.78 is 24.9. The highest BCUT2D eigenvalue weighted by Crippen LogP contribution is 2.16. The van der Waals surface area contributed by atoms with E-state index in [1.54, 1.807) is 23.5 Å². The van der Waals surface area contributed by atoms with Crippen molar-refractivity contribution in [1.82, 2.24) is 19.4 Å². The van der Waals surface area contributed by atoms with Crippen LogP contribution in [0.25, 0.3) is 11.2 Å². The van der Waals surface area contributed by atoms with Gasteiger partial charge in [0, 0.05) is 25.8 Å². The number of amides is 1.